The van der Waals surface area contributed by atoms with Gasteiger partial charge in [0.15, 0.2) is 11.6 Å². The summed E-state index contributed by atoms with van der Waals surface area (Å²) in [6.45, 7) is 2.67. The Bertz CT molecular complexity index is 1560. The highest BCUT2D eigenvalue weighted by molar-refractivity contribution is 5.94. The van der Waals surface area contributed by atoms with Gasteiger partial charge in [-0.05, 0) is 73.6 Å². The predicted octanol–water partition coefficient (Wildman–Crippen LogP) is 7.30. The third-order valence-corrected chi connectivity index (χ3v) is 6.77. The minimum absolute atomic E-state index is 0.0950. The molecule has 1 heterocycles. The van der Waals surface area contributed by atoms with Gasteiger partial charge >= 0.3 is 11.9 Å². The molecule has 0 aliphatic heterocycles. The summed E-state index contributed by atoms with van der Waals surface area (Å²) in [5.41, 5.74) is 3.65. The first-order valence-electron chi connectivity index (χ1n) is 14.3. The number of carbonyl (C=O) groups is 2. The fourth-order valence-corrected chi connectivity index (χ4v) is 4.76. The summed E-state index contributed by atoms with van der Waals surface area (Å²) in [5, 5.41) is 10.5. The first kappa shape index (κ1) is 31.3. The minimum Gasteiger partial charge on any atom is -0.494 e. The van der Waals surface area contributed by atoms with E-state index in [-0.39, 0.29) is 24.9 Å². The molecule has 4 rings (SSSR count). The van der Waals surface area contributed by atoms with E-state index in [0.29, 0.717) is 51.1 Å². The van der Waals surface area contributed by atoms with E-state index in [4.69, 9.17) is 14.2 Å². The number of carboxylic acid groups (broad SMARTS) is 1. The average molecular weight is 592 g/mol. The molecule has 7 nitrogen and oxygen atoms in total. The number of benzene rings is 3. The number of fused-ring (bicyclic) bond motifs is 1. The molecule has 4 aromatic rings. The highest BCUT2D eigenvalue weighted by Gasteiger charge is 2.14. The Labute approximate surface area is 249 Å². The van der Waals surface area contributed by atoms with Crippen LogP contribution < -0.4 is 9.47 Å². The fourth-order valence-electron chi connectivity index (χ4n) is 4.76. The largest absolute Gasteiger partial charge is 0.494 e. The van der Waals surface area contributed by atoms with Crippen LogP contribution in [0, 0.1) is 11.6 Å². The van der Waals surface area contributed by atoms with Crippen LogP contribution in [0.15, 0.2) is 66.9 Å². The third kappa shape index (κ3) is 8.91. The van der Waals surface area contributed by atoms with Crippen molar-refractivity contribution in [3.63, 3.8) is 0 Å². The molecule has 0 atom stereocenters. The number of ether oxygens (including phenoxy) is 3. The molecule has 43 heavy (non-hydrogen) atoms. The molecule has 0 unspecified atom stereocenters. The molecule has 0 bridgehead atoms. The van der Waals surface area contributed by atoms with Gasteiger partial charge in [0.05, 0.1) is 25.3 Å². The van der Waals surface area contributed by atoms with E-state index >= 15 is 0 Å². The number of hydrogen-bond donors (Lipinski definition) is 1. The van der Waals surface area contributed by atoms with E-state index in [1.807, 2.05) is 60.8 Å². The third-order valence-electron chi connectivity index (χ3n) is 6.77. The maximum absolute atomic E-state index is 13.6. The molecule has 0 amide bonds. The van der Waals surface area contributed by atoms with Crippen LogP contribution in [-0.4, -0.2) is 41.4 Å². The molecule has 1 aromatic heterocycles. The number of aromatic nitrogens is 1. The summed E-state index contributed by atoms with van der Waals surface area (Å²) >= 11 is 0. The van der Waals surface area contributed by atoms with Crippen molar-refractivity contribution < 1.29 is 37.7 Å². The van der Waals surface area contributed by atoms with Gasteiger partial charge in [-0.2, -0.15) is 4.39 Å². The molecule has 1 N–H and O–H groups in total. The van der Waals surface area contributed by atoms with Crippen molar-refractivity contribution >= 4 is 35.0 Å². The van der Waals surface area contributed by atoms with Gasteiger partial charge in [0.2, 0.25) is 5.82 Å². The Hall–Kier alpha value is -4.66. The van der Waals surface area contributed by atoms with E-state index < -0.39 is 17.6 Å². The molecule has 3 aromatic carbocycles. The molecule has 0 aliphatic carbocycles. The first-order valence-corrected chi connectivity index (χ1v) is 14.3. The van der Waals surface area contributed by atoms with Gasteiger partial charge in [-0.15, -0.1) is 0 Å². The van der Waals surface area contributed by atoms with Crippen molar-refractivity contribution in [1.82, 2.24) is 4.57 Å². The van der Waals surface area contributed by atoms with Gasteiger partial charge in [0.25, 0.3) is 0 Å². The van der Waals surface area contributed by atoms with Crippen molar-refractivity contribution in [2.24, 2.45) is 0 Å². The molecule has 0 spiro atoms. The van der Waals surface area contributed by atoms with E-state index in [9.17, 15) is 23.5 Å². The first-order chi connectivity index (χ1) is 20.9. The maximum Gasteiger partial charge on any atom is 0.323 e. The molecule has 0 fully saturated rings. The summed E-state index contributed by atoms with van der Waals surface area (Å²) in [4.78, 5) is 23.3. The summed E-state index contributed by atoms with van der Waals surface area (Å²) in [5.74, 6) is -2.47. The Morgan fingerprint density at radius 2 is 1.65 bits per heavy atom. The second kappa shape index (κ2) is 15.5. The molecule has 226 valence electrons. The molecule has 0 saturated carbocycles. The van der Waals surface area contributed by atoms with Gasteiger partial charge in [0, 0.05) is 18.0 Å². The van der Waals surface area contributed by atoms with Crippen LogP contribution in [0.3, 0.4) is 0 Å². The molecule has 0 radical (unpaired) electrons. The summed E-state index contributed by atoms with van der Waals surface area (Å²) in [6.07, 6.45) is 8.64. The Kier molecular flexibility index (Phi) is 11.3. The van der Waals surface area contributed by atoms with Crippen molar-refractivity contribution in [3.05, 3.63) is 95.2 Å². The van der Waals surface area contributed by atoms with Gasteiger partial charge in [-0.1, -0.05) is 48.6 Å². The van der Waals surface area contributed by atoms with Crippen LogP contribution in [0.2, 0.25) is 0 Å². The Balaban J connectivity index is 1.34. The Morgan fingerprint density at radius 1 is 0.907 bits per heavy atom. The molecular weight excluding hydrogens is 556 g/mol. The van der Waals surface area contributed by atoms with E-state index in [0.717, 1.165) is 33.7 Å². The van der Waals surface area contributed by atoms with Crippen LogP contribution in [0.5, 0.6) is 11.5 Å². The number of nitrogens with zero attached hydrogens (tertiary/aromatic N) is 1. The summed E-state index contributed by atoms with van der Waals surface area (Å²) in [7, 11) is 0. The van der Waals surface area contributed by atoms with Crippen LogP contribution in [-0.2, 0) is 27.3 Å². The normalized spacial score (nSPS) is 11.2. The standard InChI is InChI=1S/C34H35F2NO6/c1-2-41-32(40)13-6-9-26-22-37(23-31(38)39)34-25(8-5-10-28(26)34)17-14-24-15-18-27(19-16-24)42-20-3-4-21-43-30-12-7-11-29(35)33(30)36/h5,7-8,10-12,14-19,22H,2-4,6,9,13,20-21,23H2,1H3,(H,38,39)/b17-14+. The number of para-hydroxylation sites is 1. The summed E-state index contributed by atoms with van der Waals surface area (Å²) < 4.78 is 44.7. The zero-order valence-electron chi connectivity index (χ0n) is 24.1. The lowest BCUT2D eigenvalue weighted by Gasteiger charge is -2.09. The van der Waals surface area contributed by atoms with Gasteiger partial charge in [-0.25, -0.2) is 4.39 Å². The van der Waals surface area contributed by atoms with E-state index in [1.165, 1.54) is 12.1 Å². The lowest BCUT2D eigenvalue weighted by Crippen LogP contribution is -2.08. The predicted molar refractivity (Wildman–Crippen MR) is 161 cm³/mol. The lowest BCUT2D eigenvalue weighted by atomic mass is 10.0. The van der Waals surface area contributed by atoms with Crippen LogP contribution in [0.1, 0.15) is 49.3 Å². The zero-order chi connectivity index (χ0) is 30.6. The van der Waals surface area contributed by atoms with Crippen molar-refractivity contribution in [1.29, 1.82) is 0 Å². The van der Waals surface area contributed by atoms with Crippen molar-refractivity contribution in [2.75, 3.05) is 19.8 Å². The molecule has 0 aliphatic rings. The maximum atomic E-state index is 13.6. The number of hydrogen-bond acceptors (Lipinski definition) is 5. The zero-order valence-corrected chi connectivity index (χ0v) is 24.1. The number of esters is 1. The van der Waals surface area contributed by atoms with Crippen LogP contribution in [0.25, 0.3) is 23.1 Å². The molecular formula is C34H35F2NO6. The van der Waals surface area contributed by atoms with Crippen LogP contribution >= 0.6 is 0 Å². The Morgan fingerprint density at radius 3 is 2.40 bits per heavy atom. The number of halogens is 2. The number of aliphatic carboxylic acids is 1. The number of carbonyl (C=O) groups excluding carboxylic acids is 1. The second-order valence-corrected chi connectivity index (χ2v) is 9.94. The average Bonchev–Trinajstić information content (AvgIpc) is 3.33. The monoisotopic (exact) mass is 591 g/mol. The number of aryl methyl sites for hydroxylation is 1. The lowest BCUT2D eigenvalue weighted by molar-refractivity contribution is -0.143. The van der Waals surface area contributed by atoms with Crippen molar-refractivity contribution in [3.8, 4) is 11.5 Å². The fraction of sp³-hybridized carbons (Fsp3) is 0.294. The molecule has 9 heteroatoms. The van der Waals surface area contributed by atoms with Crippen molar-refractivity contribution in [2.45, 2.75) is 45.6 Å². The quantitative estimate of drug-likeness (QED) is 0.0836. The summed E-state index contributed by atoms with van der Waals surface area (Å²) in [6, 6.07) is 17.3. The van der Waals surface area contributed by atoms with Gasteiger partial charge in [0.1, 0.15) is 12.3 Å². The number of rotatable bonds is 16. The number of carboxylic acids is 1. The van der Waals surface area contributed by atoms with E-state index in [1.54, 1.807) is 11.5 Å². The van der Waals surface area contributed by atoms with E-state index in [2.05, 4.69) is 0 Å². The minimum atomic E-state index is -0.980. The highest BCUT2D eigenvalue weighted by Crippen LogP contribution is 2.28. The second-order valence-electron chi connectivity index (χ2n) is 9.94. The van der Waals surface area contributed by atoms with Gasteiger partial charge in [-0.3, -0.25) is 9.59 Å². The number of unbranched alkanes of at least 4 members (excludes halogenated alkanes) is 1. The topological polar surface area (TPSA) is 87.0 Å². The highest BCUT2D eigenvalue weighted by atomic mass is 19.2. The smallest absolute Gasteiger partial charge is 0.323 e. The van der Waals surface area contributed by atoms with Crippen LogP contribution in [0.4, 0.5) is 8.78 Å². The van der Waals surface area contributed by atoms with Gasteiger partial charge < -0.3 is 23.9 Å². The SMILES string of the molecule is CCOC(=O)CCCc1cn(CC(=O)O)c2c(/C=C/c3ccc(OCCCCOc4cccc(F)c4F)cc3)cccc12. The molecule has 0 saturated heterocycles.